The summed E-state index contributed by atoms with van der Waals surface area (Å²) in [4.78, 5) is 23.4. The van der Waals surface area contributed by atoms with Gasteiger partial charge in [0.25, 0.3) is 0 Å². The summed E-state index contributed by atoms with van der Waals surface area (Å²) in [6.45, 7) is -0.180. The van der Waals surface area contributed by atoms with Gasteiger partial charge in [0.05, 0.1) is 22.7 Å². The molecule has 1 rings (SSSR count). The minimum Gasteiger partial charge on any atom is -0.478 e. The van der Waals surface area contributed by atoms with E-state index in [0.29, 0.717) is 0 Å². The highest BCUT2D eigenvalue weighted by atomic mass is 32.2. The van der Waals surface area contributed by atoms with Crippen LogP contribution in [0.4, 0.5) is 5.69 Å². The van der Waals surface area contributed by atoms with Gasteiger partial charge in [-0.25, -0.2) is 17.5 Å². The molecule has 0 saturated heterocycles. The largest absolute Gasteiger partial charge is 0.478 e. The van der Waals surface area contributed by atoms with Crippen molar-refractivity contribution >= 4 is 27.6 Å². The van der Waals surface area contributed by atoms with Crippen molar-refractivity contribution in [2.75, 3.05) is 32.6 Å². The normalized spacial score (nSPS) is 11.4. The Morgan fingerprint density at radius 1 is 1.24 bits per heavy atom. The Hall–Kier alpha value is -2.13. The monoisotopic (exact) mass is 315 g/mol. The molecule has 0 bridgehead atoms. The number of carbonyl (C=O) groups is 2. The number of carboxylic acid groups (broad SMARTS) is 1. The molecular weight excluding hydrogens is 298 g/mol. The number of amides is 1. The van der Waals surface area contributed by atoms with Crippen LogP contribution in [0.2, 0.25) is 0 Å². The maximum atomic E-state index is 12.0. The third kappa shape index (κ3) is 3.70. The average Bonchev–Trinajstić information content (AvgIpc) is 2.36. The molecule has 1 aromatic rings. The Kier molecular flexibility index (Phi) is 4.92. The van der Waals surface area contributed by atoms with E-state index < -0.39 is 21.9 Å². The van der Waals surface area contributed by atoms with Gasteiger partial charge in [0.2, 0.25) is 15.9 Å². The van der Waals surface area contributed by atoms with E-state index in [1.165, 1.54) is 38.2 Å². The number of anilines is 1. The first-order valence-corrected chi connectivity index (χ1v) is 7.30. The number of nitrogens with two attached hydrogens (primary N) is 1. The minimum absolute atomic E-state index is 0.138. The van der Waals surface area contributed by atoms with Gasteiger partial charge < -0.3 is 15.7 Å². The fourth-order valence-corrected chi connectivity index (χ4v) is 2.64. The van der Waals surface area contributed by atoms with E-state index in [2.05, 4.69) is 0 Å². The van der Waals surface area contributed by atoms with E-state index in [-0.39, 0.29) is 22.7 Å². The molecule has 3 N–H and O–H groups in total. The number of hydrogen-bond donors (Lipinski definition) is 2. The van der Waals surface area contributed by atoms with Crippen LogP contribution in [-0.4, -0.2) is 57.4 Å². The average molecular weight is 315 g/mol. The smallest absolute Gasteiger partial charge is 0.337 e. The maximum Gasteiger partial charge on any atom is 0.337 e. The summed E-state index contributed by atoms with van der Waals surface area (Å²) in [5.74, 6) is -1.92. The number of sulfonamides is 1. The zero-order valence-corrected chi connectivity index (χ0v) is 12.7. The van der Waals surface area contributed by atoms with Gasteiger partial charge >= 0.3 is 5.97 Å². The number of rotatable bonds is 6. The van der Waals surface area contributed by atoms with Crippen LogP contribution in [0.15, 0.2) is 23.1 Å². The van der Waals surface area contributed by atoms with Gasteiger partial charge in [-0.3, -0.25) is 4.79 Å². The number of hydrogen-bond acceptors (Lipinski definition) is 5. The Bertz CT molecular complexity index is 669. The van der Waals surface area contributed by atoms with Crippen LogP contribution in [0.25, 0.3) is 0 Å². The molecule has 0 unspecified atom stereocenters. The molecule has 1 aromatic carbocycles. The van der Waals surface area contributed by atoms with Crippen LogP contribution in [0.5, 0.6) is 0 Å². The molecule has 0 spiro atoms. The summed E-state index contributed by atoms with van der Waals surface area (Å²) in [5.41, 5.74) is 5.05. The molecule has 0 aliphatic rings. The van der Waals surface area contributed by atoms with Crippen molar-refractivity contribution in [3.8, 4) is 0 Å². The molecular formula is C12H17N3O5S. The van der Waals surface area contributed by atoms with Gasteiger partial charge in [0.1, 0.15) is 0 Å². The number of likely N-dealkylation sites (N-methyl/N-ethyl adjacent to an activating group) is 1. The third-order valence-electron chi connectivity index (χ3n) is 2.78. The highest BCUT2D eigenvalue weighted by Crippen LogP contribution is 2.24. The van der Waals surface area contributed by atoms with Crippen molar-refractivity contribution in [1.29, 1.82) is 0 Å². The van der Waals surface area contributed by atoms with Crippen LogP contribution in [-0.2, 0) is 14.8 Å². The highest BCUT2D eigenvalue weighted by molar-refractivity contribution is 7.89. The first kappa shape index (κ1) is 16.9. The second-order valence-electron chi connectivity index (χ2n) is 4.59. The minimum atomic E-state index is -3.74. The predicted molar refractivity (Wildman–Crippen MR) is 76.7 cm³/mol. The van der Waals surface area contributed by atoms with Gasteiger partial charge in [-0.2, -0.15) is 0 Å². The van der Waals surface area contributed by atoms with Crippen molar-refractivity contribution in [2.24, 2.45) is 5.73 Å². The van der Waals surface area contributed by atoms with E-state index in [0.717, 1.165) is 10.4 Å². The van der Waals surface area contributed by atoms with Crippen molar-refractivity contribution in [1.82, 2.24) is 4.31 Å². The summed E-state index contributed by atoms with van der Waals surface area (Å²) >= 11 is 0. The summed E-state index contributed by atoms with van der Waals surface area (Å²) in [7, 11) is 0.454. The number of primary amides is 1. The van der Waals surface area contributed by atoms with Crippen LogP contribution in [0, 0.1) is 0 Å². The Morgan fingerprint density at radius 3 is 2.24 bits per heavy atom. The molecule has 8 nitrogen and oxygen atoms in total. The highest BCUT2D eigenvalue weighted by Gasteiger charge is 2.22. The lowest BCUT2D eigenvalue weighted by atomic mass is 10.1. The van der Waals surface area contributed by atoms with E-state index in [1.807, 2.05) is 0 Å². The SMILES string of the molecule is CN(CC(N)=O)c1ccc(S(=O)(=O)N(C)C)cc1C(=O)O. The van der Waals surface area contributed by atoms with Crippen molar-refractivity contribution in [3.63, 3.8) is 0 Å². The molecule has 0 aliphatic carbocycles. The van der Waals surface area contributed by atoms with Gasteiger partial charge in [0.15, 0.2) is 0 Å². The predicted octanol–water partition coefficient (Wildman–Crippen LogP) is -0.443. The Morgan fingerprint density at radius 2 is 1.81 bits per heavy atom. The number of nitrogens with zero attached hydrogens (tertiary/aromatic N) is 2. The second kappa shape index (κ2) is 6.10. The molecule has 0 aromatic heterocycles. The molecule has 0 heterocycles. The zero-order valence-electron chi connectivity index (χ0n) is 11.9. The van der Waals surface area contributed by atoms with Crippen molar-refractivity contribution in [3.05, 3.63) is 23.8 Å². The third-order valence-corrected chi connectivity index (χ3v) is 4.59. The van der Waals surface area contributed by atoms with Gasteiger partial charge in [0, 0.05) is 21.1 Å². The molecule has 0 aliphatic heterocycles. The fourth-order valence-electron chi connectivity index (χ4n) is 1.71. The molecule has 1 amide bonds. The van der Waals surface area contributed by atoms with E-state index in [9.17, 15) is 23.1 Å². The van der Waals surface area contributed by atoms with Crippen molar-refractivity contribution < 1.29 is 23.1 Å². The summed E-state index contributed by atoms with van der Waals surface area (Å²) < 4.78 is 25.0. The van der Waals surface area contributed by atoms with Gasteiger partial charge in [-0.15, -0.1) is 0 Å². The Labute approximate surface area is 122 Å². The molecule has 21 heavy (non-hydrogen) atoms. The molecule has 9 heteroatoms. The number of aromatic carboxylic acids is 1. The zero-order chi connectivity index (χ0) is 16.4. The van der Waals surface area contributed by atoms with E-state index in [4.69, 9.17) is 5.73 Å². The standard InChI is InChI=1S/C12H17N3O5S/c1-14(2)21(19,20)8-4-5-10(9(6-8)12(17)18)15(3)7-11(13)16/h4-6H,7H2,1-3H3,(H2,13,16)(H,17,18). The van der Waals surface area contributed by atoms with Gasteiger partial charge in [-0.05, 0) is 18.2 Å². The topological polar surface area (TPSA) is 121 Å². The lowest BCUT2D eigenvalue weighted by Gasteiger charge is -2.20. The Balaban J connectivity index is 3.39. The molecule has 0 fully saturated rings. The van der Waals surface area contributed by atoms with Crippen molar-refractivity contribution in [2.45, 2.75) is 4.90 Å². The van der Waals surface area contributed by atoms with Crippen LogP contribution >= 0.6 is 0 Å². The molecule has 0 atom stereocenters. The number of benzene rings is 1. The molecule has 116 valence electrons. The second-order valence-corrected chi connectivity index (χ2v) is 6.75. The summed E-state index contributed by atoms with van der Waals surface area (Å²) in [6, 6.07) is 3.68. The number of carboxylic acids is 1. The fraction of sp³-hybridized carbons (Fsp3) is 0.333. The lowest BCUT2D eigenvalue weighted by Crippen LogP contribution is -2.31. The quantitative estimate of drug-likeness (QED) is 0.734. The molecule has 0 radical (unpaired) electrons. The lowest BCUT2D eigenvalue weighted by molar-refractivity contribution is -0.116. The first-order chi connectivity index (χ1) is 9.57. The van der Waals surface area contributed by atoms with Crippen LogP contribution in [0.1, 0.15) is 10.4 Å². The first-order valence-electron chi connectivity index (χ1n) is 5.86. The van der Waals surface area contributed by atoms with E-state index in [1.54, 1.807) is 0 Å². The summed E-state index contributed by atoms with van der Waals surface area (Å²) in [5, 5.41) is 9.23. The summed E-state index contributed by atoms with van der Waals surface area (Å²) in [6.07, 6.45) is 0. The van der Waals surface area contributed by atoms with E-state index >= 15 is 0 Å². The van der Waals surface area contributed by atoms with Crippen LogP contribution in [0.3, 0.4) is 0 Å². The number of carbonyl (C=O) groups excluding carboxylic acids is 1. The van der Waals surface area contributed by atoms with Crippen LogP contribution < -0.4 is 10.6 Å². The van der Waals surface area contributed by atoms with Gasteiger partial charge in [-0.1, -0.05) is 0 Å². The maximum absolute atomic E-state index is 12.0. The molecule has 0 saturated carbocycles.